The van der Waals surface area contributed by atoms with E-state index in [1.54, 1.807) is 24.3 Å². The zero-order chi connectivity index (χ0) is 24.0. The highest BCUT2D eigenvalue weighted by Crippen LogP contribution is 2.27. The average Bonchev–Trinajstić information content (AvgIpc) is 2.80. The molecule has 0 aromatic heterocycles. The smallest absolute Gasteiger partial charge is 0.265 e. The number of anilines is 1. The van der Waals surface area contributed by atoms with Gasteiger partial charge in [-0.1, -0.05) is 48.0 Å². The van der Waals surface area contributed by atoms with E-state index in [-0.39, 0.29) is 22.6 Å². The third-order valence-electron chi connectivity index (χ3n) is 4.95. The SMILES string of the molecule is COc1ccc(C(=O)NC(Cc2ccccc2)C(N)=O)cc1S(=O)(=O)Nc1ccc(C)cc1. The van der Waals surface area contributed by atoms with Crippen LogP contribution in [0.15, 0.2) is 77.7 Å². The average molecular weight is 468 g/mol. The van der Waals surface area contributed by atoms with Crippen molar-refractivity contribution in [2.45, 2.75) is 24.3 Å². The summed E-state index contributed by atoms with van der Waals surface area (Å²) in [6.07, 6.45) is 0.207. The Hall–Kier alpha value is -3.85. The fourth-order valence-corrected chi connectivity index (χ4v) is 4.43. The Bertz CT molecular complexity index is 1240. The van der Waals surface area contributed by atoms with Gasteiger partial charge in [0.15, 0.2) is 0 Å². The van der Waals surface area contributed by atoms with Crippen LogP contribution in [0.25, 0.3) is 0 Å². The molecule has 0 saturated heterocycles. The zero-order valence-electron chi connectivity index (χ0n) is 18.2. The van der Waals surface area contributed by atoms with Crippen molar-refractivity contribution in [1.82, 2.24) is 5.32 Å². The third-order valence-corrected chi connectivity index (χ3v) is 6.35. The van der Waals surface area contributed by atoms with E-state index in [0.29, 0.717) is 5.69 Å². The fraction of sp³-hybridized carbons (Fsp3) is 0.167. The minimum atomic E-state index is -4.06. The number of rotatable bonds is 9. The fourth-order valence-electron chi connectivity index (χ4n) is 3.17. The van der Waals surface area contributed by atoms with Gasteiger partial charge in [0.05, 0.1) is 7.11 Å². The van der Waals surface area contributed by atoms with Crippen molar-refractivity contribution in [2.75, 3.05) is 11.8 Å². The first-order valence-electron chi connectivity index (χ1n) is 10.1. The van der Waals surface area contributed by atoms with Gasteiger partial charge in [-0.15, -0.1) is 0 Å². The third kappa shape index (κ3) is 6.11. The molecule has 1 unspecified atom stereocenters. The highest BCUT2D eigenvalue weighted by Gasteiger charge is 2.24. The van der Waals surface area contributed by atoms with E-state index in [0.717, 1.165) is 11.1 Å². The summed E-state index contributed by atoms with van der Waals surface area (Å²) in [5.41, 5.74) is 7.68. The normalized spacial score (nSPS) is 11.9. The van der Waals surface area contributed by atoms with Crippen molar-refractivity contribution in [1.29, 1.82) is 0 Å². The molecule has 0 fully saturated rings. The Labute approximate surface area is 192 Å². The van der Waals surface area contributed by atoms with E-state index < -0.39 is 27.9 Å². The maximum atomic E-state index is 13.0. The number of benzene rings is 3. The molecule has 2 amide bonds. The highest BCUT2D eigenvalue weighted by atomic mass is 32.2. The number of methoxy groups -OCH3 is 1. The van der Waals surface area contributed by atoms with Crippen molar-refractivity contribution >= 4 is 27.5 Å². The summed E-state index contributed by atoms with van der Waals surface area (Å²) >= 11 is 0. The summed E-state index contributed by atoms with van der Waals surface area (Å²) in [6, 6.07) is 19.0. The number of ether oxygens (including phenoxy) is 1. The Morgan fingerprint density at radius 2 is 1.67 bits per heavy atom. The molecular weight excluding hydrogens is 442 g/mol. The number of carbonyl (C=O) groups is 2. The maximum Gasteiger partial charge on any atom is 0.265 e. The predicted octanol–water partition coefficient (Wildman–Crippen LogP) is 2.63. The molecule has 0 bridgehead atoms. The van der Waals surface area contributed by atoms with Crippen molar-refractivity contribution in [3.8, 4) is 5.75 Å². The van der Waals surface area contributed by atoms with E-state index in [2.05, 4.69) is 10.0 Å². The molecule has 3 aromatic carbocycles. The number of nitrogens with two attached hydrogens (primary N) is 1. The molecule has 3 aromatic rings. The van der Waals surface area contributed by atoms with Crippen LogP contribution in [0.5, 0.6) is 5.75 Å². The first-order chi connectivity index (χ1) is 15.7. The van der Waals surface area contributed by atoms with Crippen LogP contribution < -0.4 is 20.5 Å². The minimum Gasteiger partial charge on any atom is -0.495 e. The molecule has 1 atom stereocenters. The molecule has 8 nitrogen and oxygen atoms in total. The molecule has 0 saturated carbocycles. The van der Waals surface area contributed by atoms with E-state index in [1.807, 2.05) is 37.3 Å². The van der Waals surface area contributed by atoms with Crippen LogP contribution in [0.2, 0.25) is 0 Å². The Kier molecular flexibility index (Phi) is 7.34. The summed E-state index contributed by atoms with van der Waals surface area (Å²) in [4.78, 5) is 24.5. The van der Waals surface area contributed by atoms with E-state index >= 15 is 0 Å². The zero-order valence-corrected chi connectivity index (χ0v) is 19.1. The lowest BCUT2D eigenvalue weighted by molar-refractivity contribution is -0.119. The number of primary amides is 1. The van der Waals surface area contributed by atoms with Crippen LogP contribution in [0.1, 0.15) is 21.5 Å². The van der Waals surface area contributed by atoms with Crippen LogP contribution in [-0.4, -0.2) is 33.4 Å². The van der Waals surface area contributed by atoms with Crippen molar-refractivity contribution < 1.29 is 22.7 Å². The van der Waals surface area contributed by atoms with E-state index in [9.17, 15) is 18.0 Å². The van der Waals surface area contributed by atoms with Crippen LogP contribution in [0.4, 0.5) is 5.69 Å². The van der Waals surface area contributed by atoms with Crippen LogP contribution in [0.3, 0.4) is 0 Å². The molecule has 0 radical (unpaired) electrons. The molecular formula is C24H25N3O5S. The van der Waals surface area contributed by atoms with Gasteiger partial charge in [0.25, 0.3) is 15.9 Å². The second-order valence-electron chi connectivity index (χ2n) is 7.46. The summed E-state index contributed by atoms with van der Waals surface area (Å²) in [7, 11) is -2.73. The van der Waals surface area contributed by atoms with Crippen molar-refractivity contribution in [3.63, 3.8) is 0 Å². The lowest BCUT2D eigenvalue weighted by atomic mass is 10.0. The van der Waals surface area contributed by atoms with Crippen LogP contribution in [-0.2, 0) is 21.2 Å². The molecule has 3 rings (SSSR count). The van der Waals surface area contributed by atoms with Gasteiger partial charge in [-0.2, -0.15) is 0 Å². The largest absolute Gasteiger partial charge is 0.495 e. The van der Waals surface area contributed by atoms with Gasteiger partial charge in [-0.25, -0.2) is 8.42 Å². The van der Waals surface area contributed by atoms with Gasteiger partial charge in [0.1, 0.15) is 16.7 Å². The first kappa shape index (κ1) is 23.8. The first-order valence-corrected chi connectivity index (χ1v) is 11.6. The van der Waals surface area contributed by atoms with E-state index in [4.69, 9.17) is 10.5 Å². The number of hydrogen-bond donors (Lipinski definition) is 3. The predicted molar refractivity (Wildman–Crippen MR) is 126 cm³/mol. The number of hydrogen-bond acceptors (Lipinski definition) is 5. The van der Waals surface area contributed by atoms with Crippen molar-refractivity contribution in [3.05, 3.63) is 89.5 Å². The summed E-state index contributed by atoms with van der Waals surface area (Å²) in [5, 5.41) is 2.58. The summed E-state index contributed by atoms with van der Waals surface area (Å²) in [6.45, 7) is 1.89. The number of nitrogens with one attached hydrogen (secondary N) is 2. The number of amides is 2. The second kappa shape index (κ2) is 10.2. The van der Waals surface area contributed by atoms with Crippen LogP contribution >= 0.6 is 0 Å². The standard InChI is InChI=1S/C24H25N3O5S/c1-16-8-11-19(12-9-16)27-33(30,31)22-15-18(10-13-21(22)32-2)24(29)26-20(23(25)28)14-17-6-4-3-5-7-17/h3-13,15,20,27H,14H2,1-2H3,(H2,25,28)(H,26,29). The second-order valence-corrected chi connectivity index (χ2v) is 9.11. The number of sulfonamides is 1. The molecule has 0 spiro atoms. The van der Waals surface area contributed by atoms with Crippen LogP contribution in [0, 0.1) is 6.92 Å². The summed E-state index contributed by atoms with van der Waals surface area (Å²) < 4.78 is 33.7. The molecule has 0 aliphatic rings. The van der Waals surface area contributed by atoms with Gasteiger partial charge < -0.3 is 15.8 Å². The van der Waals surface area contributed by atoms with E-state index in [1.165, 1.54) is 25.3 Å². The number of carbonyl (C=O) groups excluding carboxylic acids is 2. The van der Waals surface area contributed by atoms with Gasteiger partial charge >= 0.3 is 0 Å². The highest BCUT2D eigenvalue weighted by molar-refractivity contribution is 7.92. The Morgan fingerprint density at radius 3 is 2.27 bits per heavy atom. The van der Waals surface area contributed by atoms with Gasteiger partial charge in [-0.05, 0) is 42.8 Å². The molecule has 0 aliphatic heterocycles. The summed E-state index contributed by atoms with van der Waals surface area (Å²) in [5.74, 6) is -1.26. The quantitative estimate of drug-likeness (QED) is 0.446. The monoisotopic (exact) mass is 467 g/mol. The van der Waals surface area contributed by atoms with Gasteiger partial charge in [-0.3, -0.25) is 14.3 Å². The molecule has 4 N–H and O–H groups in total. The van der Waals surface area contributed by atoms with Gasteiger partial charge in [0.2, 0.25) is 5.91 Å². The lowest BCUT2D eigenvalue weighted by Gasteiger charge is -2.17. The Morgan fingerprint density at radius 1 is 1.00 bits per heavy atom. The van der Waals surface area contributed by atoms with Gasteiger partial charge in [0, 0.05) is 17.7 Å². The lowest BCUT2D eigenvalue weighted by Crippen LogP contribution is -2.45. The topological polar surface area (TPSA) is 128 Å². The molecule has 172 valence electrons. The molecule has 0 aliphatic carbocycles. The molecule has 0 heterocycles. The number of aryl methyl sites for hydroxylation is 1. The minimum absolute atomic E-state index is 0.0411. The van der Waals surface area contributed by atoms with Crippen molar-refractivity contribution in [2.24, 2.45) is 5.73 Å². The molecule has 33 heavy (non-hydrogen) atoms. The maximum absolute atomic E-state index is 13.0. The Balaban J connectivity index is 1.86. The molecule has 9 heteroatoms.